The molecule has 2 aromatic rings. The summed E-state index contributed by atoms with van der Waals surface area (Å²) in [7, 11) is 2.51. The number of rotatable bonds is 3. The Labute approximate surface area is 200 Å². The number of aryl methyl sites for hydroxylation is 1. The van der Waals surface area contributed by atoms with Gasteiger partial charge in [0.2, 0.25) is 0 Å². The minimum atomic E-state index is -1.20. The first-order chi connectivity index (χ1) is 16.3. The Kier molecular flexibility index (Phi) is 6.68. The van der Waals surface area contributed by atoms with Crippen LogP contribution in [0.1, 0.15) is 33.4 Å². The van der Waals surface area contributed by atoms with Gasteiger partial charge in [-0.25, -0.2) is 14.6 Å². The van der Waals surface area contributed by atoms with Gasteiger partial charge in [0, 0.05) is 19.6 Å². The molecular formula is C22H26N6O7. The number of carbonyl (C=O) groups excluding carboxylic acids is 2. The van der Waals surface area contributed by atoms with Crippen LogP contribution in [0.15, 0.2) is 16.9 Å². The molecular weight excluding hydrogens is 460 g/mol. The highest BCUT2D eigenvalue weighted by Crippen LogP contribution is 2.36. The molecule has 0 saturated carbocycles. The van der Waals surface area contributed by atoms with Crippen LogP contribution in [-0.4, -0.2) is 69.3 Å². The monoisotopic (exact) mass is 486 g/mol. The zero-order valence-corrected chi connectivity index (χ0v) is 20.3. The van der Waals surface area contributed by atoms with E-state index in [0.29, 0.717) is 0 Å². The summed E-state index contributed by atoms with van der Waals surface area (Å²) in [5, 5.41) is 21.4. The van der Waals surface area contributed by atoms with E-state index >= 15 is 0 Å². The molecule has 1 aliphatic heterocycles. The molecule has 35 heavy (non-hydrogen) atoms. The minimum absolute atomic E-state index is 0.00433. The number of nitro groups is 1. The normalized spacial score (nSPS) is 18.2. The molecule has 0 bridgehead atoms. The molecule has 2 atom stereocenters. The maximum absolute atomic E-state index is 13.0. The third kappa shape index (κ3) is 4.72. The lowest BCUT2D eigenvalue weighted by molar-refractivity contribution is -0.385. The topological polar surface area (TPSA) is 161 Å². The van der Waals surface area contributed by atoms with Gasteiger partial charge in [-0.05, 0) is 39.8 Å². The van der Waals surface area contributed by atoms with Crippen molar-refractivity contribution in [2.24, 2.45) is 7.05 Å². The fourth-order valence-corrected chi connectivity index (χ4v) is 4.01. The van der Waals surface area contributed by atoms with Crippen LogP contribution in [0.25, 0.3) is 11.0 Å². The number of anilines is 1. The minimum Gasteiger partial charge on any atom is -0.467 e. The van der Waals surface area contributed by atoms with Crippen LogP contribution >= 0.6 is 0 Å². The molecule has 0 N–H and O–H groups in total. The van der Waals surface area contributed by atoms with Gasteiger partial charge >= 0.3 is 23.3 Å². The van der Waals surface area contributed by atoms with E-state index in [1.165, 1.54) is 29.0 Å². The van der Waals surface area contributed by atoms with E-state index in [0.717, 1.165) is 11.7 Å². The summed E-state index contributed by atoms with van der Waals surface area (Å²) in [5.74, 6) is -0.773. The number of nitrogens with zero attached hydrogens (tertiary/aromatic N) is 6. The average molecular weight is 486 g/mol. The summed E-state index contributed by atoms with van der Waals surface area (Å²) in [6.45, 7) is 6.52. The van der Waals surface area contributed by atoms with Gasteiger partial charge in [0.1, 0.15) is 28.9 Å². The second kappa shape index (κ2) is 9.21. The largest absolute Gasteiger partial charge is 0.467 e. The molecule has 186 valence electrons. The number of hydrogen-bond donors (Lipinski definition) is 0. The Balaban J connectivity index is 2.27. The molecule has 1 aliphatic rings. The smallest absolute Gasteiger partial charge is 0.410 e. The Hall–Kier alpha value is -4.21. The van der Waals surface area contributed by atoms with Crippen molar-refractivity contribution >= 4 is 34.5 Å². The van der Waals surface area contributed by atoms with Crippen molar-refractivity contribution in [1.29, 1.82) is 5.26 Å². The number of ether oxygens (including phenoxy) is 2. The Morgan fingerprint density at radius 1 is 1.29 bits per heavy atom. The number of amides is 1. The van der Waals surface area contributed by atoms with E-state index in [4.69, 9.17) is 9.47 Å². The third-order valence-electron chi connectivity index (χ3n) is 5.62. The van der Waals surface area contributed by atoms with Gasteiger partial charge < -0.3 is 23.8 Å². The van der Waals surface area contributed by atoms with Gasteiger partial charge in [-0.2, -0.15) is 5.26 Å². The zero-order chi connectivity index (χ0) is 26.2. The highest BCUT2D eigenvalue weighted by atomic mass is 16.6. The molecule has 1 amide bonds. The first-order valence-corrected chi connectivity index (χ1v) is 10.7. The number of carbonyl (C=O) groups is 2. The number of piperazine rings is 1. The molecule has 1 fully saturated rings. The molecule has 2 aromatic heterocycles. The number of esters is 1. The van der Waals surface area contributed by atoms with Crippen molar-refractivity contribution < 1.29 is 24.0 Å². The number of hydrogen-bond acceptors (Lipinski definition) is 10. The van der Waals surface area contributed by atoms with Gasteiger partial charge in [-0.1, -0.05) is 0 Å². The van der Waals surface area contributed by atoms with Crippen molar-refractivity contribution in [3.63, 3.8) is 0 Å². The molecule has 3 rings (SSSR count). The quantitative estimate of drug-likeness (QED) is 0.355. The van der Waals surface area contributed by atoms with Gasteiger partial charge in [0.15, 0.2) is 5.69 Å². The number of pyridine rings is 2. The van der Waals surface area contributed by atoms with E-state index in [2.05, 4.69) is 4.98 Å². The molecule has 3 heterocycles. The third-order valence-corrected chi connectivity index (χ3v) is 5.62. The van der Waals surface area contributed by atoms with E-state index in [-0.39, 0.29) is 35.5 Å². The Morgan fingerprint density at radius 3 is 2.49 bits per heavy atom. The molecule has 0 spiro atoms. The van der Waals surface area contributed by atoms with Crippen molar-refractivity contribution in [2.45, 2.75) is 45.4 Å². The molecule has 13 nitrogen and oxygen atoms in total. The Morgan fingerprint density at radius 2 is 1.94 bits per heavy atom. The van der Waals surface area contributed by atoms with Crippen molar-refractivity contribution in [3.8, 4) is 6.07 Å². The number of nitriles is 1. The standard InChI is InChI=1S/C22H26N6O7/c1-12-10-27(15(20(30)34-6)11-26(12)21(31)35-22(2,3)4)17-16-14(8-7-13(9-23)24-16)25(5)19(29)18(17)28(32)33/h7-8,12,15H,10-11H2,1-6H3/t12-,15-/m1/s1. The lowest BCUT2D eigenvalue weighted by Gasteiger charge is -2.44. The second-order valence-electron chi connectivity index (χ2n) is 9.17. The Bertz CT molecular complexity index is 1310. The van der Waals surface area contributed by atoms with Gasteiger partial charge in [-0.15, -0.1) is 0 Å². The van der Waals surface area contributed by atoms with E-state index in [1.807, 2.05) is 6.07 Å². The highest BCUT2D eigenvalue weighted by Gasteiger charge is 2.44. The van der Waals surface area contributed by atoms with Crippen LogP contribution in [0.4, 0.5) is 16.2 Å². The SMILES string of the molecule is COC(=O)[C@H]1CN(C(=O)OC(C)(C)C)[C@H](C)CN1c1c([N+](=O)[O-])c(=O)n(C)c2ccc(C#N)nc12. The molecule has 0 aromatic carbocycles. The summed E-state index contributed by atoms with van der Waals surface area (Å²) in [4.78, 5) is 56.8. The van der Waals surface area contributed by atoms with Gasteiger partial charge in [0.05, 0.1) is 24.1 Å². The van der Waals surface area contributed by atoms with Gasteiger partial charge in [0.25, 0.3) is 0 Å². The van der Waals surface area contributed by atoms with Crippen LogP contribution in [-0.2, 0) is 21.3 Å². The fourth-order valence-electron chi connectivity index (χ4n) is 4.01. The predicted molar refractivity (Wildman–Crippen MR) is 124 cm³/mol. The number of aromatic nitrogens is 2. The fraction of sp³-hybridized carbons (Fsp3) is 0.500. The van der Waals surface area contributed by atoms with Crippen LogP contribution in [0.2, 0.25) is 0 Å². The molecule has 1 saturated heterocycles. The number of fused-ring (bicyclic) bond motifs is 1. The van der Waals surface area contributed by atoms with Crippen LogP contribution in [0.5, 0.6) is 0 Å². The average Bonchev–Trinajstić information content (AvgIpc) is 2.78. The summed E-state index contributed by atoms with van der Waals surface area (Å²) in [5.41, 5.74) is -2.49. The summed E-state index contributed by atoms with van der Waals surface area (Å²) < 4.78 is 11.5. The lowest BCUT2D eigenvalue weighted by atomic mass is 10.0. The molecule has 0 unspecified atom stereocenters. The lowest BCUT2D eigenvalue weighted by Crippen LogP contribution is -2.62. The molecule has 0 aliphatic carbocycles. The molecule has 0 radical (unpaired) electrons. The summed E-state index contributed by atoms with van der Waals surface area (Å²) in [6, 6.07) is 2.96. The van der Waals surface area contributed by atoms with Crippen LogP contribution < -0.4 is 10.5 Å². The van der Waals surface area contributed by atoms with Crippen LogP contribution in [0.3, 0.4) is 0 Å². The summed E-state index contributed by atoms with van der Waals surface area (Å²) in [6.07, 6.45) is -0.660. The second-order valence-corrected chi connectivity index (χ2v) is 9.17. The van der Waals surface area contributed by atoms with E-state index in [1.54, 1.807) is 27.7 Å². The predicted octanol–water partition coefficient (Wildman–Crippen LogP) is 1.70. The van der Waals surface area contributed by atoms with Crippen molar-refractivity contribution in [3.05, 3.63) is 38.3 Å². The molecule has 13 heteroatoms. The van der Waals surface area contributed by atoms with Crippen LogP contribution in [0, 0.1) is 21.4 Å². The van der Waals surface area contributed by atoms with Crippen molar-refractivity contribution in [1.82, 2.24) is 14.5 Å². The van der Waals surface area contributed by atoms with E-state index < -0.39 is 45.9 Å². The first-order valence-electron chi connectivity index (χ1n) is 10.7. The zero-order valence-electron chi connectivity index (χ0n) is 20.3. The highest BCUT2D eigenvalue weighted by molar-refractivity contribution is 5.96. The van der Waals surface area contributed by atoms with Gasteiger partial charge in [-0.3, -0.25) is 14.9 Å². The maximum atomic E-state index is 13.0. The first kappa shape index (κ1) is 25.4. The maximum Gasteiger partial charge on any atom is 0.410 e. The summed E-state index contributed by atoms with van der Waals surface area (Å²) >= 11 is 0. The number of methoxy groups -OCH3 is 1. The van der Waals surface area contributed by atoms with Crippen molar-refractivity contribution in [2.75, 3.05) is 25.1 Å². The van der Waals surface area contributed by atoms with E-state index in [9.17, 15) is 29.8 Å².